The summed E-state index contributed by atoms with van der Waals surface area (Å²) >= 11 is 0. The van der Waals surface area contributed by atoms with Gasteiger partial charge >= 0.3 is 0 Å². The van der Waals surface area contributed by atoms with Crippen LogP contribution in [0.4, 0.5) is 0 Å². The van der Waals surface area contributed by atoms with Crippen molar-refractivity contribution in [2.24, 2.45) is 0 Å². The van der Waals surface area contributed by atoms with E-state index in [1.165, 1.54) is 69.4 Å². The molecule has 0 amide bonds. The summed E-state index contributed by atoms with van der Waals surface area (Å²) in [4.78, 5) is 3.66. The Morgan fingerprint density at radius 1 is 0.826 bits per heavy atom. The molecule has 0 bridgehead atoms. The van der Waals surface area contributed by atoms with Crippen LogP contribution in [-0.2, 0) is 6.42 Å². The van der Waals surface area contributed by atoms with Crippen molar-refractivity contribution in [2.75, 3.05) is 0 Å². The second kappa shape index (κ2) is 5.73. The maximum Gasteiger partial charge on any atom is 0.0547 e. The van der Waals surface area contributed by atoms with E-state index in [0.717, 1.165) is 0 Å². The zero-order chi connectivity index (χ0) is 15.8. The molecule has 0 aliphatic carbocycles. The van der Waals surface area contributed by atoms with E-state index in [1.54, 1.807) is 0 Å². The normalized spacial score (nSPS) is 11.7. The van der Waals surface area contributed by atoms with Crippen molar-refractivity contribution in [3.63, 3.8) is 0 Å². The third-order valence-electron chi connectivity index (χ3n) is 5.09. The number of aryl methyl sites for hydroxylation is 2. The quantitative estimate of drug-likeness (QED) is 0.413. The van der Waals surface area contributed by atoms with Gasteiger partial charge in [0.2, 0.25) is 0 Å². The van der Waals surface area contributed by atoms with Gasteiger partial charge in [-0.2, -0.15) is 0 Å². The third kappa shape index (κ3) is 2.23. The Morgan fingerprint density at radius 3 is 2.30 bits per heavy atom. The number of benzene rings is 3. The minimum Gasteiger partial charge on any atom is -0.354 e. The number of hydrogen-bond acceptors (Lipinski definition) is 0. The van der Waals surface area contributed by atoms with E-state index in [1.807, 2.05) is 0 Å². The lowest BCUT2D eigenvalue weighted by atomic mass is 9.91. The number of H-pyrrole nitrogens is 1. The van der Waals surface area contributed by atoms with Gasteiger partial charge in [-0.25, -0.2) is 0 Å². The number of hydrogen-bond donors (Lipinski definition) is 1. The van der Waals surface area contributed by atoms with E-state index in [4.69, 9.17) is 0 Å². The topological polar surface area (TPSA) is 15.8 Å². The van der Waals surface area contributed by atoms with Crippen LogP contribution in [-0.4, -0.2) is 4.98 Å². The molecule has 0 saturated heterocycles. The van der Waals surface area contributed by atoms with Gasteiger partial charge in [-0.1, -0.05) is 62.2 Å². The minimum atomic E-state index is 1.18. The lowest BCUT2D eigenvalue weighted by Crippen LogP contribution is -1.94. The summed E-state index contributed by atoms with van der Waals surface area (Å²) in [5.74, 6) is 0. The Kier molecular flexibility index (Phi) is 3.57. The molecule has 0 fully saturated rings. The predicted octanol–water partition coefficient (Wildman–Crippen LogP) is 6.52. The predicted molar refractivity (Wildman–Crippen MR) is 101 cm³/mol. The van der Waals surface area contributed by atoms with Crippen LogP contribution < -0.4 is 0 Å². The van der Waals surface area contributed by atoms with Crippen LogP contribution in [0.1, 0.15) is 37.3 Å². The molecule has 0 atom stereocenters. The summed E-state index contributed by atoms with van der Waals surface area (Å²) in [5.41, 5.74) is 5.51. The highest BCUT2D eigenvalue weighted by Gasteiger charge is 2.15. The SMILES string of the molecule is CCCCCc1c(C)c2c3ccccc3[nH]c2c2ccccc12. The van der Waals surface area contributed by atoms with Gasteiger partial charge in [-0.05, 0) is 42.3 Å². The third-order valence-corrected chi connectivity index (χ3v) is 5.09. The van der Waals surface area contributed by atoms with Crippen molar-refractivity contribution in [2.45, 2.75) is 39.5 Å². The zero-order valence-corrected chi connectivity index (χ0v) is 13.9. The van der Waals surface area contributed by atoms with Crippen LogP contribution >= 0.6 is 0 Å². The average molecular weight is 301 g/mol. The summed E-state index contributed by atoms with van der Waals surface area (Å²) in [6, 6.07) is 17.5. The Hall–Kier alpha value is -2.28. The number of aromatic amines is 1. The highest BCUT2D eigenvalue weighted by molar-refractivity contribution is 6.19. The molecule has 0 aliphatic heterocycles. The highest BCUT2D eigenvalue weighted by atomic mass is 14.7. The molecule has 4 aromatic rings. The monoisotopic (exact) mass is 301 g/mol. The molecule has 0 radical (unpaired) electrons. The number of para-hydroxylation sites is 1. The van der Waals surface area contributed by atoms with Gasteiger partial charge in [0.05, 0.1) is 5.52 Å². The zero-order valence-electron chi connectivity index (χ0n) is 13.9. The molecule has 23 heavy (non-hydrogen) atoms. The molecule has 0 unspecified atom stereocenters. The van der Waals surface area contributed by atoms with Crippen molar-refractivity contribution in [3.05, 3.63) is 59.7 Å². The van der Waals surface area contributed by atoms with Gasteiger partial charge in [-0.3, -0.25) is 0 Å². The molecule has 4 rings (SSSR count). The van der Waals surface area contributed by atoms with Crippen LogP contribution in [0.2, 0.25) is 0 Å². The number of unbranched alkanes of at least 4 members (excludes halogenated alkanes) is 2. The van der Waals surface area contributed by atoms with Gasteiger partial charge in [0.25, 0.3) is 0 Å². The number of aromatic nitrogens is 1. The van der Waals surface area contributed by atoms with Gasteiger partial charge in [-0.15, -0.1) is 0 Å². The maximum atomic E-state index is 3.66. The summed E-state index contributed by atoms with van der Waals surface area (Å²) in [6.07, 6.45) is 5.02. The van der Waals surface area contributed by atoms with E-state index in [2.05, 4.69) is 67.4 Å². The van der Waals surface area contributed by atoms with Gasteiger partial charge in [0, 0.05) is 21.7 Å². The fraction of sp³-hybridized carbons (Fsp3) is 0.273. The molecule has 1 nitrogen and oxygen atoms in total. The second-order valence-corrected chi connectivity index (χ2v) is 6.53. The van der Waals surface area contributed by atoms with Crippen molar-refractivity contribution < 1.29 is 0 Å². The summed E-state index contributed by atoms with van der Waals surface area (Å²) in [5, 5.41) is 5.53. The van der Waals surface area contributed by atoms with Crippen LogP contribution in [0.3, 0.4) is 0 Å². The molecular formula is C22H23N. The van der Waals surface area contributed by atoms with E-state index in [9.17, 15) is 0 Å². The summed E-state index contributed by atoms with van der Waals surface area (Å²) in [7, 11) is 0. The molecule has 116 valence electrons. The average Bonchev–Trinajstić information content (AvgIpc) is 2.98. The lowest BCUT2D eigenvalue weighted by molar-refractivity contribution is 0.718. The fourth-order valence-electron chi connectivity index (χ4n) is 3.92. The van der Waals surface area contributed by atoms with Crippen molar-refractivity contribution >= 4 is 32.6 Å². The molecular weight excluding hydrogens is 278 g/mol. The summed E-state index contributed by atoms with van der Waals surface area (Å²) in [6.45, 7) is 4.57. The smallest absolute Gasteiger partial charge is 0.0547 e. The first-order valence-electron chi connectivity index (χ1n) is 8.72. The second-order valence-electron chi connectivity index (χ2n) is 6.53. The van der Waals surface area contributed by atoms with Crippen LogP contribution in [0, 0.1) is 6.92 Å². The summed E-state index contributed by atoms with van der Waals surface area (Å²) < 4.78 is 0. The Morgan fingerprint density at radius 2 is 1.52 bits per heavy atom. The Bertz CT molecular complexity index is 991. The number of rotatable bonds is 4. The largest absolute Gasteiger partial charge is 0.354 e. The molecule has 1 heterocycles. The van der Waals surface area contributed by atoms with E-state index in [0.29, 0.717) is 0 Å². The lowest BCUT2D eigenvalue weighted by Gasteiger charge is -2.13. The van der Waals surface area contributed by atoms with Crippen LogP contribution in [0.25, 0.3) is 32.6 Å². The van der Waals surface area contributed by atoms with Crippen LogP contribution in [0.15, 0.2) is 48.5 Å². The number of nitrogens with one attached hydrogen (secondary N) is 1. The van der Waals surface area contributed by atoms with Crippen LogP contribution in [0.5, 0.6) is 0 Å². The standard InChI is InChI=1S/C22H23N/c1-3-4-5-10-16-15(2)21-19-13-8-9-14-20(19)23-22(21)18-12-7-6-11-17(16)18/h6-9,11-14,23H,3-5,10H2,1-2H3. The molecule has 1 aromatic heterocycles. The van der Waals surface area contributed by atoms with Gasteiger partial charge < -0.3 is 4.98 Å². The van der Waals surface area contributed by atoms with Crippen molar-refractivity contribution in [3.8, 4) is 0 Å². The minimum absolute atomic E-state index is 1.18. The fourth-order valence-corrected chi connectivity index (χ4v) is 3.92. The Balaban J connectivity index is 2.09. The van der Waals surface area contributed by atoms with Crippen molar-refractivity contribution in [1.29, 1.82) is 0 Å². The first kappa shape index (κ1) is 14.3. The van der Waals surface area contributed by atoms with E-state index in [-0.39, 0.29) is 0 Å². The van der Waals surface area contributed by atoms with E-state index < -0.39 is 0 Å². The first-order valence-corrected chi connectivity index (χ1v) is 8.72. The van der Waals surface area contributed by atoms with Crippen molar-refractivity contribution in [1.82, 2.24) is 4.98 Å². The molecule has 0 aliphatic rings. The Labute approximate surface area is 137 Å². The van der Waals surface area contributed by atoms with Gasteiger partial charge in [0.1, 0.15) is 0 Å². The maximum absolute atomic E-state index is 3.66. The van der Waals surface area contributed by atoms with E-state index >= 15 is 0 Å². The number of fused-ring (bicyclic) bond motifs is 5. The highest BCUT2D eigenvalue weighted by Crippen LogP contribution is 2.37. The molecule has 0 spiro atoms. The molecule has 1 heteroatoms. The molecule has 3 aromatic carbocycles. The van der Waals surface area contributed by atoms with Gasteiger partial charge in [0.15, 0.2) is 0 Å². The molecule has 0 saturated carbocycles. The first-order chi connectivity index (χ1) is 11.3. The molecule has 1 N–H and O–H groups in total.